The average Bonchev–Trinajstić information content (AvgIpc) is 2.52. The molecular weight excluding hydrogens is 312 g/mol. The maximum atomic E-state index is 11.2. The van der Waals surface area contributed by atoms with Gasteiger partial charge < -0.3 is 5.32 Å². The van der Waals surface area contributed by atoms with E-state index >= 15 is 0 Å². The van der Waals surface area contributed by atoms with Crippen molar-refractivity contribution in [1.82, 2.24) is 5.32 Å². The summed E-state index contributed by atoms with van der Waals surface area (Å²) in [4.78, 5) is 0. The van der Waals surface area contributed by atoms with E-state index in [4.69, 9.17) is 9.32 Å². The molecule has 0 spiro atoms. The normalized spacial score (nSPS) is 36.8. The van der Waals surface area contributed by atoms with Gasteiger partial charge in [0.25, 0.3) is 0 Å². The first-order valence-corrected chi connectivity index (χ1v) is 10.0. The summed E-state index contributed by atoms with van der Waals surface area (Å²) in [5.74, 6) is 1.75. The lowest BCUT2D eigenvalue weighted by Gasteiger charge is -2.44. The molecule has 23 heavy (non-hydrogen) atoms. The lowest BCUT2D eigenvalue weighted by atomic mass is 9.62. The van der Waals surface area contributed by atoms with Crippen molar-refractivity contribution in [1.29, 1.82) is 0 Å². The van der Waals surface area contributed by atoms with Crippen LogP contribution in [0.3, 0.4) is 0 Å². The zero-order valence-electron chi connectivity index (χ0n) is 13.2. The highest BCUT2D eigenvalue weighted by molar-refractivity contribution is 7.84. The Bertz CT molecular complexity index is 693. The topological polar surface area (TPSA) is 81.4 Å². The molecule has 3 aliphatic carbocycles. The van der Waals surface area contributed by atoms with Crippen LogP contribution < -0.4 is 10.5 Å². The first kappa shape index (κ1) is 15.6. The van der Waals surface area contributed by atoms with Gasteiger partial charge in [-0.1, -0.05) is 23.8 Å². The summed E-state index contributed by atoms with van der Waals surface area (Å²) in [6.45, 7) is 2.14. The van der Waals surface area contributed by atoms with Crippen molar-refractivity contribution in [3.8, 4) is 0 Å². The minimum Gasteiger partial charge on any atom is -0.313 e. The van der Waals surface area contributed by atoms with Crippen molar-refractivity contribution in [2.45, 2.75) is 38.2 Å². The Morgan fingerprint density at radius 3 is 2.83 bits per heavy atom. The first-order valence-electron chi connectivity index (χ1n) is 8.54. The molecule has 0 aromatic carbocycles. The van der Waals surface area contributed by atoms with Gasteiger partial charge in [-0.05, 0) is 67.5 Å². The minimum atomic E-state index is -3.86. The fourth-order valence-corrected chi connectivity index (χ4v) is 5.43. The summed E-state index contributed by atoms with van der Waals surface area (Å²) in [5, 5.41) is 8.48. The molecule has 3 N–H and O–H groups in total. The molecule has 4 atom stereocenters. The average molecular weight is 336 g/mol. The standard InChI is InChI=1S/C17H24N2O3S/c18-23(20,21)22-13-3-6-14-11(9-13)1-4-17-15-7-8-19-10-12(15)2-5-16(14)17/h2,5-6,11,13,15,17,19H,1,3-4,7-10H2,(H2,18,20,21). The van der Waals surface area contributed by atoms with Crippen LogP contribution in [0.5, 0.6) is 0 Å². The molecule has 0 radical (unpaired) electrons. The van der Waals surface area contributed by atoms with E-state index in [-0.39, 0.29) is 6.10 Å². The molecule has 5 nitrogen and oxygen atoms in total. The Morgan fingerprint density at radius 1 is 1.13 bits per heavy atom. The van der Waals surface area contributed by atoms with E-state index in [1.807, 2.05) is 0 Å². The maximum absolute atomic E-state index is 11.2. The summed E-state index contributed by atoms with van der Waals surface area (Å²) in [7, 11) is -3.86. The van der Waals surface area contributed by atoms with Crippen LogP contribution in [0.25, 0.3) is 0 Å². The zero-order chi connectivity index (χ0) is 16.0. The number of allylic oxidation sites excluding steroid dienone is 4. The van der Waals surface area contributed by atoms with Crippen LogP contribution in [-0.2, 0) is 14.5 Å². The molecule has 1 heterocycles. The predicted octanol–water partition coefficient (Wildman–Crippen LogP) is 1.80. The summed E-state index contributed by atoms with van der Waals surface area (Å²) in [6, 6.07) is 0. The van der Waals surface area contributed by atoms with Crippen LogP contribution in [-0.4, -0.2) is 27.6 Å². The van der Waals surface area contributed by atoms with E-state index in [1.165, 1.54) is 24.0 Å². The molecule has 0 aromatic heterocycles. The minimum absolute atomic E-state index is 0.301. The predicted molar refractivity (Wildman–Crippen MR) is 88.7 cm³/mol. The van der Waals surface area contributed by atoms with Crippen LogP contribution in [0.2, 0.25) is 0 Å². The van der Waals surface area contributed by atoms with Gasteiger partial charge in [-0.2, -0.15) is 8.42 Å². The highest BCUT2D eigenvalue weighted by Crippen LogP contribution is 2.50. The molecule has 6 heteroatoms. The van der Waals surface area contributed by atoms with E-state index in [0.29, 0.717) is 24.2 Å². The Hall–Kier alpha value is -0.950. The van der Waals surface area contributed by atoms with Crippen molar-refractivity contribution in [2.24, 2.45) is 22.9 Å². The molecule has 4 rings (SSSR count). The molecule has 1 saturated heterocycles. The number of hydrogen-bond donors (Lipinski definition) is 2. The van der Waals surface area contributed by atoms with Gasteiger partial charge in [-0.15, -0.1) is 0 Å². The van der Waals surface area contributed by atoms with Crippen molar-refractivity contribution in [2.75, 3.05) is 13.1 Å². The first-order chi connectivity index (χ1) is 11.0. The van der Waals surface area contributed by atoms with Gasteiger partial charge in [0.15, 0.2) is 0 Å². The summed E-state index contributed by atoms with van der Waals surface area (Å²) in [6.07, 6.45) is 11.4. The zero-order valence-corrected chi connectivity index (χ0v) is 14.0. The number of fused-ring (bicyclic) bond motifs is 5. The highest BCUT2D eigenvalue weighted by atomic mass is 32.2. The number of rotatable bonds is 2. The largest absolute Gasteiger partial charge is 0.333 e. The fourth-order valence-electron chi connectivity index (χ4n) is 4.89. The van der Waals surface area contributed by atoms with Gasteiger partial charge >= 0.3 is 10.3 Å². The van der Waals surface area contributed by atoms with Crippen LogP contribution in [0.1, 0.15) is 32.1 Å². The molecule has 1 aliphatic heterocycles. The van der Waals surface area contributed by atoms with Crippen molar-refractivity contribution in [3.63, 3.8) is 0 Å². The Balaban J connectivity index is 1.58. The Labute approximate surface area is 137 Å². The van der Waals surface area contributed by atoms with E-state index in [1.54, 1.807) is 5.57 Å². The van der Waals surface area contributed by atoms with Gasteiger partial charge in [0.2, 0.25) is 0 Å². The molecule has 126 valence electrons. The van der Waals surface area contributed by atoms with E-state index in [2.05, 4.69) is 23.5 Å². The molecule has 4 aliphatic rings. The van der Waals surface area contributed by atoms with Crippen molar-refractivity contribution < 1.29 is 12.6 Å². The third kappa shape index (κ3) is 3.05. The number of nitrogens with one attached hydrogen (secondary N) is 1. The molecular formula is C17H24N2O3S. The fraction of sp³-hybridized carbons (Fsp3) is 0.647. The van der Waals surface area contributed by atoms with Crippen LogP contribution in [0, 0.1) is 17.8 Å². The summed E-state index contributed by atoms with van der Waals surface area (Å²) < 4.78 is 27.3. The molecule has 0 bridgehead atoms. The second-order valence-corrected chi connectivity index (χ2v) is 8.34. The van der Waals surface area contributed by atoms with Gasteiger partial charge in [0.1, 0.15) is 0 Å². The second-order valence-electron chi connectivity index (χ2n) is 7.16. The van der Waals surface area contributed by atoms with Crippen molar-refractivity contribution >= 4 is 10.3 Å². The van der Waals surface area contributed by atoms with Crippen LogP contribution in [0.15, 0.2) is 34.9 Å². The smallest absolute Gasteiger partial charge is 0.313 e. The van der Waals surface area contributed by atoms with Crippen LogP contribution in [0.4, 0.5) is 0 Å². The number of nitrogens with two attached hydrogens (primary N) is 1. The van der Waals surface area contributed by atoms with Gasteiger partial charge in [0.05, 0.1) is 6.10 Å². The van der Waals surface area contributed by atoms with Gasteiger partial charge in [-0.3, -0.25) is 4.18 Å². The quantitative estimate of drug-likeness (QED) is 0.806. The molecule has 4 unspecified atom stereocenters. The Kier molecular flexibility index (Phi) is 3.96. The lowest BCUT2D eigenvalue weighted by Crippen LogP contribution is -2.39. The van der Waals surface area contributed by atoms with Crippen molar-refractivity contribution in [3.05, 3.63) is 34.9 Å². The van der Waals surface area contributed by atoms with E-state index < -0.39 is 10.3 Å². The monoisotopic (exact) mass is 336 g/mol. The SMILES string of the molecule is NS(=O)(=O)OC1CC=C2C3=CC=C4CNCCC4C3CCC2C1. The maximum Gasteiger partial charge on any atom is 0.333 e. The van der Waals surface area contributed by atoms with E-state index in [9.17, 15) is 8.42 Å². The molecule has 0 amide bonds. The van der Waals surface area contributed by atoms with Gasteiger partial charge in [-0.25, -0.2) is 5.14 Å². The number of hydrogen-bond acceptors (Lipinski definition) is 4. The lowest BCUT2D eigenvalue weighted by molar-refractivity contribution is 0.162. The van der Waals surface area contributed by atoms with E-state index in [0.717, 1.165) is 25.9 Å². The highest BCUT2D eigenvalue weighted by Gasteiger charge is 2.40. The van der Waals surface area contributed by atoms with Crippen LogP contribution >= 0.6 is 0 Å². The van der Waals surface area contributed by atoms with Gasteiger partial charge in [0, 0.05) is 6.54 Å². The third-order valence-electron chi connectivity index (χ3n) is 5.82. The summed E-state index contributed by atoms with van der Waals surface area (Å²) >= 11 is 0. The molecule has 2 fully saturated rings. The molecule has 1 saturated carbocycles. The number of piperidine rings is 1. The second kappa shape index (κ2) is 5.84. The molecule has 0 aromatic rings. The Morgan fingerprint density at radius 2 is 2.00 bits per heavy atom. The third-order valence-corrected chi connectivity index (χ3v) is 6.36. The summed E-state index contributed by atoms with van der Waals surface area (Å²) in [5.41, 5.74) is 4.48.